The van der Waals surface area contributed by atoms with Crippen LogP contribution in [0.4, 0.5) is 0 Å². The molecule has 1 aromatic heterocycles. The maximum Gasteiger partial charge on any atom is 0.327 e. The maximum absolute atomic E-state index is 12.3. The van der Waals surface area contributed by atoms with Gasteiger partial charge in [-0.2, -0.15) is 0 Å². The van der Waals surface area contributed by atoms with Gasteiger partial charge < -0.3 is 26.0 Å². The van der Waals surface area contributed by atoms with Gasteiger partial charge in [-0.15, -0.1) is 23.1 Å². The predicted molar refractivity (Wildman–Crippen MR) is 125 cm³/mol. The number of thiophene rings is 1. The quantitative estimate of drug-likeness (QED) is 0.496. The highest BCUT2D eigenvalue weighted by molar-refractivity contribution is 8.01. The summed E-state index contributed by atoms with van der Waals surface area (Å²) < 4.78 is -0.592. The molecular formula is C21H34N4O4S2. The van der Waals surface area contributed by atoms with Crippen LogP contribution in [0.5, 0.6) is 0 Å². The third-order valence-electron chi connectivity index (χ3n) is 5.71. The molecule has 0 radical (unpaired) electrons. The van der Waals surface area contributed by atoms with Gasteiger partial charge in [0.1, 0.15) is 17.5 Å². The number of rotatable bonds is 8. The molecule has 0 bridgehead atoms. The number of thioether (sulfide) groups is 1. The van der Waals surface area contributed by atoms with Crippen LogP contribution in [0.15, 0.2) is 11.4 Å². The van der Waals surface area contributed by atoms with Crippen molar-refractivity contribution in [2.75, 3.05) is 19.6 Å². The Labute approximate surface area is 192 Å². The number of carbonyl (C=O) groups excluding carboxylic acids is 2. The van der Waals surface area contributed by atoms with E-state index in [-0.39, 0.29) is 23.6 Å². The summed E-state index contributed by atoms with van der Waals surface area (Å²) >= 11 is 2.91. The van der Waals surface area contributed by atoms with Crippen molar-refractivity contribution < 1.29 is 19.5 Å². The number of nitrogens with zero attached hydrogens (tertiary/aromatic N) is 2. The first-order valence-corrected chi connectivity index (χ1v) is 12.4. The van der Waals surface area contributed by atoms with E-state index in [4.69, 9.17) is 5.73 Å². The summed E-state index contributed by atoms with van der Waals surface area (Å²) in [5.41, 5.74) is 6.50. The van der Waals surface area contributed by atoms with E-state index < -0.39 is 22.8 Å². The van der Waals surface area contributed by atoms with Gasteiger partial charge in [0.25, 0.3) is 0 Å². The first-order chi connectivity index (χ1) is 14.6. The molecule has 0 spiro atoms. The molecule has 10 heteroatoms. The van der Waals surface area contributed by atoms with Crippen LogP contribution in [0.1, 0.15) is 45.1 Å². The topological polar surface area (TPSA) is 116 Å². The van der Waals surface area contributed by atoms with E-state index in [0.717, 1.165) is 10.4 Å². The SMILES string of the molecule is CC1(C)S[C@@H]2C(NC(=O)Cc3ccsc3CN)C(=O)N2[C@H]1C(=O)O.CCN(CC)CC. The molecule has 2 saturated heterocycles. The van der Waals surface area contributed by atoms with Gasteiger partial charge in [-0.25, -0.2) is 4.79 Å². The van der Waals surface area contributed by atoms with E-state index in [1.165, 1.54) is 47.6 Å². The highest BCUT2D eigenvalue weighted by Crippen LogP contribution is 2.50. The van der Waals surface area contributed by atoms with Crippen molar-refractivity contribution >= 4 is 40.9 Å². The Morgan fingerprint density at radius 2 is 1.87 bits per heavy atom. The molecule has 3 heterocycles. The molecule has 0 aromatic carbocycles. The molecule has 174 valence electrons. The van der Waals surface area contributed by atoms with Gasteiger partial charge in [-0.05, 0) is 50.5 Å². The number of aliphatic carboxylic acids is 1. The van der Waals surface area contributed by atoms with Gasteiger partial charge in [0.2, 0.25) is 11.8 Å². The van der Waals surface area contributed by atoms with Gasteiger partial charge in [-0.3, -0.25) is 9.59 Å². The van der Waals surface area contributed by atoms with Crippen LogP contribution in [-0.2, 0) is 27.3 Å². The Morgan fingerprint density at radius 3 is 2.35 bits per heavy atom. The zero-order chi connectivity index (χ0) is 23.3. The second-order valence-corrected chi connectivity index (χ2v) is 10.8. The molecule has 31 heavy (non-hydrogen) atoms. The van der Waals surface area contributed by atoms with E-state index in [0.29, 0.717) is 6.54 Å². The zero-order valence-electron chi connectivity index (χ0n) is 18.9. The predicted octanol–water partition coefficient (Wildman–Crippen LogP) is 1.73. The third kappa shape index (κ3) is 5.60. The molecule has 2 amide bonds. The number of carboxylic acid groups (broad SMARTS) is 1. The van der Waals surface area contributed by atoms with Gasteiger partial charge >= 0.3 is 5.97 Å². The molecule has 1 aromatic rings. The van der Waals surface area contributed by atoms with E-state index in [1.54, 1.807) is 13.8 Å². The van der Waals surface area contributed by atoms with Crippen molar-refractivity contribution in [2.45, 2.75) is 69.8 Å². The second-order valence-electron chi connectivity index (χ2n) is 8.01. The summed E-state index contributed by atoms with van der Waals surface area (Å²) in [6.45, 7) is 14.1. The highest BCUT2D eigenvalue weighted by Gasteiger charge is 2.64. The molecule has 2 aliphatic heterocycles. The van der Waals surface area contributed by atoms with Crippen LogP contribution in [0.2, 0.25) is 0 Å². The minimum Gasteiger partial charge on any atom is -0.480 e. The van der Waals surface area contributed by atoms with Crippen LogP contribution >= 0.6 is 23.1 Å². The van der Waals surface area contributed by atoms with Crippen LogP contribution in [0.25, 0.3) is 0 Å². The lowest BCUT2D eigenvalue weighted by molar-refractivity contribution is -0.161. The maximum atomic E-state index is 12.3. The minimum absolute atomic E-state index is 0.170. The molecule has 3 atom stereocenters. The third-order valence-corrected chi connectivity index (χ3v) is 8.26. The molecule has 8 nitrogen and oxygen atoms in total. The van der Waals surface area contributed by atoms with E-state index in [2.05, 4.69) is 31.0 Å². The fourth-order valence-electron chi connectivity index (χ4n) is 3.92. The fraction of sp³-hybridized carbons (Fsp3) is 0.667. The Balaban J connectivity index is 0.000000423. The fourth-order valence-corrected chi connectivity index (χ4v) is 6.33. The zero-order valence-corrected chi connectivity index (χ0v) is 20.5. The standard InChI is InChI=1S/C15H19N3O4S2.C6H15N/c1-15(2)11(14(21)22)18-12(20)10(13(18)24-15)17-9(19)5-7-3-4-23-8(7)6-16;1-4-7(5-2)6-3/h3-4,10-11,13H,5-6,16H2,1-2H3,(H,17,19)(H,21,22);4-6H2,1-3H3/t10?,11-,13+;/m0./s1. The molecule has 2 aliphatic rings. The summed E-state index contributed by atoms with van der Waals surface area (Å²) in [5, 5.41) is 13.7. The van der Waals surface area contributed by atoms with Crippen LogP contribution in [-0.4, -0.2) is 74.5 Å². The lowest BCUT2D eigenvalue weighted by atomic mass is 9.96. The Hall–Kier alpha value is -1.62. The van der Waals surface area contributed by atoms with Gasteiger partial charge in [-0.1, -0.05) is 20.8 Å². The lowest BCUT2D eigenvalue weighted by Crippen LogP contribution is -2.70. The summed E-state index contributed by atoms with van der Waals surface area (Å²) in [7, 11) is 0. The van der Waals surface area contributed by atoms with Gasteiger partial charge in [0.05, 0.1) is 6.42 Å². The average Bonchev–Trinajstić information content (AvgIpc) is 3.27. The van der Waals surface area contributed by atoms with Crippen molar-refractivity contribution in [1.29, 1.82) is 0 Å². The summed E-state index contributed by atoms with van der Waals surface area (Å²) in [4.78, 5) is 40.7. The summed E-state index contributed by atoms with van der Waals surface area (Å²) in [5.74, 6) is -1.60. The number of carboxylic acids is 1. The number of nitrogens with two attached hydrogens (primary N) is 1. The van der Waals surface area contributed by atoms with Crippen molar-refractivity contribution in [3.8, 4) is 0 Å². The number of fused-ring (bicyclic) bond motifs is 1. The number of hydrogen-bond acceptors (Lipinski definition) is 7. The van der Waals surface area contributed by atoms with E-state index in [9.17, 15) is 19.5 Å². The van der Waals surface area contributed by atoms with Crippen molar-refractivity contribution in [3.05, 3.63) is 21.9 Å². The number of amides is 2. The number of β-lactam (4-membered cyclic amide) rings is 1. The van der Waals surface area contributed by atoms with Crippen molar-refractivity contribution in [3.63, 3.8) is 0 Å². The van der Waals surface area contributed by atoms with Crippen LogP contribution in [0, 0.1) is 0 Å². The Bertz CT molecular complexity index is 789. The van der Waals surface area contributed by atoms with Crippen LogP contribution in [0.3, 0.4) is 0 Å². The number of carbonyl (C=O) groups is 3. The highest BCUT2D eigenvalue weighted by atomic mass is 32.2. The first-order valence-electron chi connectivity index (χ1n) is 10.6. The molecular weight excluding hydrogens is 436 g/mol. The summed E-state index contributed by atoms with van der Waals surface area (Å²) in [6, 6.07) is 0.329. The van der Waals surface area contributed by atoms with E-state index >= 15 is 0 Å². The van der Waals surface area contributed by atoms with Crippen LogP contribution < -0.4 is 11.1 Å². The van der Waals surface area contributed by atoms with Gasteiger partial charge in [0.15, 0.2) is 0 Å². The molecule has 1 unspecified atom stereocenters. The normalized spacial score (nSPS) is 23.6. The number of nitrogens with one attached hydrogen (secondary N) is 1. The van der Waals surface area contributed by atoms with E-state index in [1.807, 2.05) is 11.4 Å². The molecule has 0 saturated carbocycles. The molecule has 2 fully saturated rings. The van der Waals surface area contributed by atoms with Crippen molar-refractivity contribution in [2.24, 2.45) is 5.73 Å². The molecule has 0 aliphatic carbocycles. The van der Waals surface area contributed by atoms with Gasteiger partial charge in [0, 0.05) is 16.2 Å². The second kappa shape index (κ2) is 10.8. The first kappa shape index (κ1) is 25.6. The molecule has 3 rings (SSSR count). The average molecular weight is 471 g/mol. The smallest absolute Gasteiger partial charge is 0.327 e. The summed E-state index contributed by atoms with van der Waals surface area (Å²) in [6.07, 6.45) is 0.170. The minimum atomic E-state index is -1.01. The van der Waals surface area contributed by atoms with Crippen molar-refractivity contribution in [1.82, 2.24) is 15.1 Å². The molecule has 4 N–H and O–H groups in total. The largest absolute Gasteiger partial charge is 0.480 e. The Morgan fingerprint density at radius 1 is 1.26 bits per heavy atom. The lowest BCUT2D eigenvalue weighted by Gasteiger charge is -2.43. The monoisotopic (exact) mass is 470 g/mol. The number of hydrogen-bond donors (Lipinski definition) is 3. The Kier molecular flexibility index (Phi) is 8.93.